The molecule has 2 aromatic rings. The number of hydrogen-bond donors (Lipinski definition) is 1. The summed E-state index contributed by atoms with van der Waals surface area (Å²) in [5.41, 5.74) is 4.11. The van der Waals surface area contributed by atoms with Crippen molar-refractivity contribution in [3.8, 4) is 5.75 Å². The molecule has 0 fully saturated rings. The molecular weight excluding hydrogens is 414 g/mol. The predicted octanol–water partition coefficient (Wildman–Crippen LogP) is 3.86. The molecule has 0 heterocycles. The summed E-state index contributed by atoms with van der Waals surface area (Å²) in [6.07, 6.45) is 0. The van der Waals surface area contributed by atoms with Gasteiger partial charge in [-0.3, -0.25) is 9.10 Å². The van der Waals surface area contributed by atoms with Crippen LogP contribution in [0.25, 0.3) is 0 Å². The molecule has 2 rings (SSSR count). The molecular formula is C23H33N3O4S. The van der Waals surface area contributed by atoms with Crippen LogP contribution in [0.5, 0.6) is 5.75 Å². The first-order chi connectivity index (χ1) is 14.4. The Morgan fingerprint density at radius 1 is 1.00 bits per heavy atom. The van der Waals surface area contributed by atoms with Crippen molar-refractivity contribution in [2.24, 2.45) is 0 Å². The van der Waals surface area contributed by atoms with Crippen LogP contribution in [0.2, 0.25) is 0 Å². The van der Waals surface area contributed by atoms with Crippen LogP contribution < -0.4 is 14.4 Å². The summed E-state index contributed by atoms with van der Waals surface area (Å²) in [5, 5.41) is 3.03. The van der Waals surface area contributed by atoms with Gasteiger partial charge in [0.05, 0.1) is 18.8 Å². The zero-order valence-corrected chi connectivity index (χ0v) is 20.4. The SMILES string of the molecule is COc1cc(C)c([C@@H](C)NC(=O)c2ccc(N(C)S(=O)(=O)N(C)C)cc2)cc1C(C)C. The van der Waals surface area contributed by atoms with Gasteiger partial charge in [0.25, 0.3) is 5.91 Å². The summed E-state index contributed by atoms with van der Waals surface area (Å²) in [6, 6.07) is 10.4. The standard InChI is InChI=1S/C23H33N3O4S/c1-15(2)20-14-21(16(3)13-22(20)30-8)17(4)24-23(27)18-9-11-19(12-10-18)26(7)31(28,29)25(5)6/h9-15,17H,1-8H3,(H,24,27)/t17-/m1/s1. The Kier molecular flexibility index (Phi) is 7.72. The topological polar surface area (TPSA) is 79.0 Å². The lowest BCUT2D eigenvalue weighted by Gasteiger charge is -2.23. The van der Waals surface area contributed by atoms with E-state index in [0.717, 1.165) is 26.7 Å². The number of amides is 1. The maximum Gasteiger partial charge on any atom is 0.303 e. The average molecular weight is 448 g/mol. The van der Waals surface area contributed by atoms with E-state index >= 15 is 0 Å². The van der Waals surface area contributed by atoms with Crippen LogP contribution in [0.1, 0.15) is 59.8 Å². The number of anilines is 1. The molecule has 1 N–H and O–H groups in total. The third-order valence-electron chi connectivity index (χ3n) is 5.36. The Labute approximate surface area is 186 Å². The summed E-state index contributed by atoms with van der Waals surface area (Å²) in [4.78, 5) is 12.8. The van der Waals surface area contributed by atoms with E-state index < -0.39 is 10.2 Å². The molecule has 0 spiro atoms. The Bertz CT molecular complexity index is 1030. The first-order valence-electron chi connectivity index (χ1n) is 10.2. The van der Waals surface area contributed by atoms with Crippen molar-refractivity contribution in [1.82, 2.24) is 9.62 Å². The molecule has 0 aliphatic heterocycles. The van der Waals surface area contributed by atoms with Crippen molar-refractivity contribution < 1.29 is 17.9 Å². The van der Waals surface area contributed by atoms with Gasteiger partial charge in [0, 0.05) is 26.7 Å². The van der Waals surface area contributed by atoms with Crippen molar-refractivity contribution in [2.75, 3.05) is 32.6 Å². The second-order valence-electron chi connectivity index (χ2n) is 8.11. The van der Waals surface area contributed by atoms with Gasteiger partial charge in [0.2, 0.25) is 0 Å². The molecule has 0 radical (unpaired) electrons. The number of ether oxygens (including phenoxy) is 1. The van der Waals surface area contributed by atoms with Gasteiger partial charge in [0.15, 0.2) is 0 Å². The highest BCUT2D eigenvalue weighted by Gasteiger charge is 2.22. The second-order valence-corrected chi connectivity index (χ2v) is 10.3. The van der Waals surface area contributed by atoms with Gasteiger partial charge in [-0.05, 0) is 72.9 Å². The molecule has 0 saturated heterocycles. The van der Waals surface area contributed by atoms with Gasteiger partial charge in [0.1, 0.15) is 5.75 Å². The molecule has 170 valence electrons. The minimum atomic E-state index is -3.58. The Morgan fingerprint density at radius 3 is 2.06 bits per heavy atom. The van der Waals surface area contributed by atoms with Gasteiger partial charge in [-0.25, -0.2) is 0 Å². The molecule has 0 aromatic heterocycles. The summed E-state index contributed by atoms with van der Waals surface area (Å²) in [7, 11) is 2.50. The van der Waals surface area contributed by atoms with Gasteiger partial charge < -0.3 is 10.1 Å². The van der Waals surface area contributed by atoms with E-state index in [0.29, 0.717) is 17.2 Å². The van der Waals surface area contributed by atoms with Crippen LogP contribution in [0.15, 0.2) is 36.4 Å². The Hall–Kier alpha value is -2.58. The molecule has 8 heteroatoms. The molecule has 0 aliphatic carbocycles. The van der Waals surface area contributed by atoms with E-state index in [4.69, 9.17) is 4.74 Å². The largest absolute Gasteiger partial charge is 0.496 e. The van der Waals surface area contributed by atoms with E-state index in [-0.39, 0.29) is 11.9 Å². The van der Waals surface area contributed by atoms with Crippen LogP contribution in [0.3, 0.4) is 0 Å². The van der Waals surface area contributed by atoms with Gasteiger partial charge in [-0.15, -0.1) is 0 Å². The number of methoxy groups -OCH3 is 1. The van der Waals surface area contributed by atoms with Crippen molar-refractivity contribution in [2.45, 2.75) is 39.7 Å². The number of benzene rings is 2. The van der Waals surface area contributed by atoms with E-state index in [2.05, 4.69) is 25.2 Å². The molecule has 0 bridgehead atoms. The third kappa shape index (κ3) is 5.37. The summed E-state index contributed by atoms with van der Waals surface area (Å²) >= 11 is 0. The highest BCUT2D eigenvalue weighted by atomic mass is 32.2. The number of carbonyl (C=O) groups excluding carboxylic acids is 1. The normalized spacial score (nSPS) is 12.7. The molecule has 31 heavy (non-hydrogen) atoms. The van der Waals surface area contributed by atoms with Crippen LogP contribution in [0, 0.1) is 6.92 Å². The van der Waals surface area contributed by atoms with E-state index in [1.165, 1.54) is 25.4 Å². The number of nitrogens with zero attached hydrogens (tertiary/aromatic N) is 2. The van der Waals surface area contributed by atoms with Gasteiger partial charge in [-0.1, -0.05) is 13.8 Å². The summed E-state index contributed by atoms with van der Waals surface area (Å²) < 4.78 is 32.4. The number of rotatable bonds is 8. The second kappa shape index (κ2) is 9.70. The van der Waals surface area contributed by atoms with Crippen molar-refractivity contribution >= 4 is 21.8 Å². The molecule has 0 aliphatic rings. The number of aryl methyl sites for hydroxylation is 1. The maximum absolute atomic E-state index is 12.8. The van der Waals surface area contributed by atoms with Crippen molar-refractivity contribution in [3.63, 3.8) is 0 Å². The highest BCUT2D eigenvalue weighted by molar-refractivity contribution is 7.90. The van der Waals surface area contributed by atoms with Crippen LogP contribution in [-0.4, -0.2) is 46.9 Å². The lowest BCUT2D eigenvalue weighted by atomic mass is 9.93. The minimum Gasteiger partial charge on any atom is -0.496 e. The smallest absolute Gasteiger partial charge is 0.303 e. The van der Waals surface area contributed by atoms with Crippen molar-refractivity contribution in [3.05, 3.63) is 58.7 Å². The van der Waals surface area contributed by atoms with E-state index in [1.807, 2.05) is 19.9 Å². The van der Waals surface area contributed by atoms with E-state index in [1.54, 1.807) is 31.4 Å². The average Bonchev–Trinajstić information content (AvgIpc) is 2.72. The number of nitrogens with one attached hydrogen (secondary N) is 1. The van der Waals surface area contributed by atoms with Crippen molar-refractivity contribution in [1.29, 1.82) is 0 Å². The van der Waals surface area contributed by atoms with Gasteiger partial charge >= 0.3 is 10.2 Å². The van der Waals surface area contributed by atoms with Crippen LogP contribution >= 0.6 is 0 Å². The number of carbonyl (C=O) groups is 1. The molecule has 2 aromatic carbocycles. The minimum absolute atomic E-state index is 0.202. The first kappa shape index (κ1) is 24.7. The molecule has 1 amide bonds. The molecule has 0 unspecified atom stereocenters. The third-order valence-corrected chi connectivity index (χ3v) is 7.18. The lowest BCUT2D eigenvalue weighted by molar-refractivity contribution is 0.0940. The Balaban J connectivity index is 2.21. The highest BCUT2D eigenvalue weighted by Crippen LogP contribution is 2.32. The van der Waals surface area contributed by atoms with E-state index in [9.17, 15) is 13.2 Å². The maximum atomic E-state index is 12.8. The fraction of sp³-hybridized carbons (Fsp3) is 0.435. The van der Waals surface area contributed by atoms with Crippen LogP contribution in [-0.2, 0) is 10.2 Å². The molecule has 7 nitrogen and oxygen atoms in total. The predicted molar refractivity (Wildman–Crippen MR) is 125 cm³/mol. The summed E-state index contributed by atoms with van der Waals surface area (Å²) in [5.74, 6) is 0.917. The zero-order chi connectivity index (χ0) is 23.5. The fourth-order valence-corrected chi connectivity index (χ4v) is 4.25. The molecule has 1 atom stereocenters. The monoisotopic (exact) mass is 447 g/mol. The first-order valence-corrected chi connectivity index (χ1v) is 11.6. The lowest BCUT2D eigenvalue weighted by Crippen LogP contribution is -2.37. The number of hydrogen-bond acceptors (Lipinski definition) is 4. The summed E-state index contributed by atoms with van der Waals surface area (Å²) in [6.45, 7) is 8.16. The van der Waals surface area contributed by atoms with Gasteiger partial charge in [-0.2, -0.15) is 12.7 Å². The van der Waals surface area contributed by atoms with Crippen LogP contribution in [0.4, 0.5) is 5.69 Å². The zero-order valence-electron chi connectivity index (χ0n) is 19.6. The Morgan fingerprint density at radius 2 is 1.58 bits per heavy atom. The quantitative estimate of drug-likeness (QED) is 0.666. The molecule has 0 saturated carbocycles. The fourth-order valence-electron chi connectivity index (χ4n) is 3.37.